The van der Waals surface area contributed by atoms with Crippen LogP contribution in [0.25, 0.3) is 0 Å². The van der Waals surface area contributed by atoms with E-state index in [0.29, 0.717) is 32.5 Å². The monoisotopic (exact) mass is 394 g/mol. The van der Waals surface area contributed by atoms with Gasteiger partial charge in [-0.15, -0.1) is 13.2 Å². The molecule has 0 amide bonds. The van der Waals surface area contributed by atoms with E-state index >= 15 is 0 Å². The van der Waals surface area contributed by atoms with Gasteiger partial charge in [0.2, 0.25) is 10.0 Å². The summed E-state index contributed by atoms with van der Waals surface area (Å²) >= 11 is 0. The highest BCUT2D eigenvalue weighted by Crippen LogP contribution is 2.32. The molecule has 2 aliphatic rings. The van der Waals surface area contributed by atoms with Crippen molar-refractivity contribution in [3.8, 4) is 5.75 Å². The van der Waals surface area contributed by atoms with Crippen molar-refractivity contribution >= 4 is 10.0 Å². The summed E-state index contributed by atoms with van der Waals surface area (Å²) in [6, 6.07) is 4.27. The van der Waals surface area contributed by atoms with Gasteiger partial charge in [0.1, 0.15) is 5.75 Å². The normalized spacial score (nSPS) is 22.5. The minimum absolute atomic E-state index is 0.0512. The van der Waals surface area contributed by atoms with Gasteiger partial charge in [-0.1, -0.05) is 0 Å². The molecule has 0 bridgehead atoms. The lowest BCUT2D eigenvalue weighted by atomic mass is 9.90. The highest BCUT2D eigenvalue weighted by atomic mass is 32.2. The van der Waals surface area contributed by atoms with Crippen LogP contribution >= 0.6 is 0 Å². The molecular formula is C16H21F3N2O4S. The molecule has 1 aromatic rings. The Balaban J connectivity index is 1.67. The molecule has 1 spiro atoms. The van der Waals surface area contributed by atoms with Gasteiger partial charge in [0.15, 0.2) is 0 Å². The van der Waals surface area contributed by atoms with Crippen LogP contribution in [0.2, 0.25) is 0 Å². The van der Waals surface area contributed by atoms with Crippen LogP contribution in [0.15, 0.2) is 29.2 Å². The van der Waals surface area contributed by atoms with Crippen LogP contribution in [0, 0.1) is 0 Å². The number of halogens is 3. The molecule has 26 heavy (non-hydrogen) atoms. The van der Waals surface area contributed by atoms with E-state index in [-0.39, 0.29) is 10.5 Å². The molecule has 0 saturated carbocycles. The largest absolute Gasteiger partial charge is 0.573 e. The van der Waals surface area contributed by atoms with Gasteiger partial charge in [0.25, 0.3) is 0 Å². The van der Waals surface area contributed by atoms with Crippen molar-refractivity contribution in [1.82, 2.24) is 9.21 Å². The van der Waals surface area contributed by atoms with Crippen LogP contribution in [-0.2, 0) is 14.8 Å². The average molecular weight is 394 g/mol. The van der Waals surface area contributed by atoms with Crippen LogP contribution in [0.1, 0.15) is 12.8 Å². The topological polar surface area (TPSA) is 59.1 Å². The Morgan fingerprint density at radius 3 is 2.27 bits per heavy atom. The van der Waals surface area contributed by atoms with Crippen LogP contribution in [-0.4, -0.2) is 69.4 Å². The standard InChI is InChI=1S/C16H21F3N2O4S/c1-20-10-11-24-15(12-20)6-8-21(9-7-15)26(22,23)14-4-2-13(3-5-14)25-16(17,18)19/h2-5H,6-12H2,1H3. The number of hydrogen-bond acceptors (Lipinski definition) is 5. The number of ether oxygens (including phenoxy) is 2. The maximum Gasteiger partial charge on any atom is 0.573 e. The maximum atomic E-state index is 12.7. The first-order chi connectivity index (χ1) is 12.1. The second kappa shape index (κ2) is 6.99. The average Bonchev–Trinajstić information content (AvgIpc) is 2.54. The van der Waals surface area contributed by atoms with E-state index in [4.69, 9.17) is 4.74 Å². The quantitative estimate of drug-likeness (QED) is 0.786. The Labute approximate surface area is 150 Å². The lowest BCUT2D eigenvalue weighted by Crippen LogP contribution is -2.56. The molecule has 0 unspecified atom stereocenters. The third kappa shape index (κ3) is 4.30. The van der Waals surface area contributed by atoms with Crippen molar-refractivity contribution in [2.75, 3.05) is 39.8 Å². The Morgan fingerprint density at radius 2 is 1.73 bits per heavy atom. The minimum atomic E-state index is -4.81. The first-order valence-electron chi connectivity index (χ1n) is 8.28. The summed E-state index contributed by atoms with van der Waals surface area (Å²) in [7, 11) is -1.75. The van der Waals surface area contributed by atoms with Crippen LogP contribution in [0.4, 0.5) is 13.2 Å². The van der Waals surface area contributed by atoms with Crippen LogP contribution in [0.5, 0.6) is 5.75 Å². The molecule has 146 valence electrons. The SMILES string of the molecule is CN1CCOC2(CCN(S(=O)(=O)c3ccc(OC(F)(F)F)cc3)CC2)C1. The second-order valence-electron chi connectivity index (χ2n) is 6.69. The van der Waals surface area contributed by atoms with Crippen molar-refractivity contribution in [2.45, 2.75) is 29.7 Å². The number of likely N-dealkylation sites (N-methyl/N-ethyl adjacent to an activating group) is 1. The van der Waals surface area contributed by atoms with Gasteiger partial charge in [0.05, 0.1) is 17.1 Å². The fraction of sp³-hybridized carbons (Fsp3) is 0.625. The van der Waals surface area contributed by atoms with E-state index in [1.807, 2.05) is 7.05 Å². The van der Waals surface area contributed by atoms with Gasteiger partial charge in [0, 0.05) is 26.2 Å². The molecule has 1 aromatic carbocycles. The van der Waals surface area contributed by atoms with Crippen LogP contribution < -0.4 is 4.74 Å². The maximum absolute atomic E-state index is 12.7. The Kier molecular flexibility index (Phi) is 5.22. The first kappa shape index (κ1) is 19.4. The summed E-state index contributed by atoms with van der Waals surface area (Å²) < 4.78 is 73.1. The molecule has 0 N–H and O–H groups in total. The van der Waals surface area contributed by atoms with E-state index in [1.165, 1.54) is 4.31 Å². The van der Waals surface area contributed by atoms with E-state index in [0.717, 1.165) is 37.4 Å². The molecule has 2 fully saturated rings. The predicted octanol–water partition coefficient (Wildman–Crippen LogP) is 2.07. The molecule has 10 heteroatoms. The van der Waals surface area contributed by atoms with E-state index in [2.05, 4.69) is 9.64 Å². The smallest absolute Gasteiger partial charge is 0.406 e. The van der Waals surface area contributed by atoms with E-state index in [1.54, 1.807) is 0 Å². The summed E-state index contributed by atoms with van der Waals surface area (Å²) in [6.45, 7) is 2.89. The lowest BCUT2D eigenvalue weighted by Gasteiger charge is -2.46. The minimum Gasteiger partial charge on any atom is -0.406 e. The Bertz CT molecular complexity index is 729. The van der Waals surface area contributed by atoms with Gasteiger partial charge < -0.3 is 14.4 Å². The lowest BCUT2D eigenvalue weighted by molar-refractivity contribution is -0.274. The molecule has 2 heterocycles. The third-order valence-corrected chi connectivity index (χ3v) is 6.68. The molecule has 2 aliphatic heterocycles. The third-order valence-electron chi connectivity index (χ3n) is 4.77. The summed E-state index contributed by atoms with van der Waals surface area (Å²) in [5.41, 5.74) is -0.316. The molecule has 0 aliphatic carbocycles. The van der Waals surface area contributed by atoms with Gasteiger partial charge >= 0.3 is 6.36 Å². The van der Waals surface area contributed by atoms with E-state index in [9.17, 15) is 21.6 Å². The van der Waals surface area contributed by atoms with Gasteiger partial charge in [-0.2, -0.15) is 4.31 Å². The van der Waals surface area contributed by atoms with Crippen molar-refractivity contribution in [3.05, 3.63) is 24.3 Å². The van der Waals surface area contributed by atoms with Gasteiger partial charge in [-0.05, 0) is 44.2 Å². The summed E-state index contributed by atoms with van der Waals surface area (Å²) in [5.74, 6) is -0.451. The van der Waals surface area contributed by atoms with Gasteiger partial charge in [-0.25, -0.2) is 8.42 Å². The van der Waals surface area contributed by atoms with Crippen LogP contribution in [0.3, 0.4) is 0 Å². The zero-order chi connectivity index (χ0) is 19.0. The zero-order valence-corrected chi connectivity index (χ0v) is 15.1. The fourth-order valence-electron chi connectivity index (χ4n) is 3.43. The Hall–Kier alpha value is -1.36. The molecule has 6 nitrogen and oxygen atoms in total. The van der Waals surface area contributed by atoms with Crippen molar-refractivity contribution in [2.24, 2.45) is 0 Å². The molecule has 0 radical (unpaired) electrons. The number of rotatable bonds is 3. The molecular weight excluding hydrogens is 373 g/mol. The van der Waals surface area contributed by atoms with Crippen molar-refractivity contribution in [1.29, 1.82) is 0 Å². The number of benzene rings is 1. The second-order valence-corrected chi connectivity index (χ2v) is 8.63. The van der Waals surface area contributed by atoms with Crippen molar-refractivity contribution < 1.29 is 31.1 Å². The molecule has 3 rings (SSSR count). The summed E-state index contributed by atoms with van der Waals surface area (Å²) in [5, 5.41) is 0. The Morgan fingerprint density at radius 1 is 1.12 bits per heavy atom. The highest BCUT2D eigenvalue weighted by molar-refractivity contribution is 7.89. The number of hydrogen-bond donors (Lipinski definition) is 0. The highest BCUT2D eigenvalue weighted by Gasteiger charge is 2.41. The number of piperidine rings is 1. The zero-order valence-electron chi connectivity index (χ0n) is 14.3. The molecule has 2 saturated heterocycles. The summed E-state index contributed by atoms with van der Waals surface area (Å²) in [4.78, 5) is 2.12. The first-order valence-corrected chi connectivity index (χ1v) is 9.72. The number of sulfonamides is 1. The predicted molar refractivity (Wildman–Crippen MR) is 87.3 cm³/mol. The van der Waals surface area contributed by atoms with E-state index < -0.39 is 22.1 Å². The molecule has 0 atom stereocenters. The number of alkyl halides is 3. The number of nitrogens with zero attached hydrogens (tertiary/aromatic N) is 2. The molecule has 0 aromatic heterocycles. The van der Waals surface area contributed by atoms with Gasteiger partial charge in [-0.3, -0.25) is 0 Å². The fourth-order valence-corrected chi connectivity index (χ4v) is 4.87. The van der Waals surface area contributed by atoms with Crippen molar-refractivity contribution in [3.63, 3.8) is 0 Å². The summed E-state index contributed by atoms with van der Waals surface area (Å²) in [6.07, 6.45) is -3.63. The number of morpholine rings is 1.